The average Bonchev–Trinajstić information content (AvgIpc) is 2.99. The normalized spacial score (nSPS) is 11.4. The van der Waals surface area contributed by atoms with Crippen LogP contribution < -0.4 is 4.72 Å². The molecule has 0 bridgehead atoms. The molecule has 0 saturated carbocycles. The molecular weight excluding hydrogens is 409 g/mol. The highest BCUT2D eigenvalue weighted by Crippen LogP contribution is 2.26. The first kappa shape index (κ1) is 19.4. The van der Waals surface area contributed by atoms with Gasteiger partial charge in [-0.15, -0.1) is 0 Å². The summed E-state index contributed by atoms with van der Waals surface area (Å²) >= 11 is 12.1. The molecule has 3 rings (SSSR count). The number of hydrogen-bond donors (Lipinski definition) is 1. The summed E-state index contributed by atoms with van der Waals surface area (Å²) in [6.45, 7) is 1.62. The van der Waals surface area contributed by atoms with Crippen molar-refractivity contribution in [3.63, 3.8) is 0 Å². The van der Waals surface area contributed by atoms with E-state index < -0.39 is 15.9 Å². The monoisotopic (exact) mass is 423 g/mol. The number of nitrogens with zero attached hydrogens (tertiary/aromatic N) is 2. The van der Waals surface area contributed by atoms with Gasteiger partial charge < -0.3 is 4.57 Å². The Labute approximate surface area is 166 Å². The third-order valence-electron chi connectivity index (χ3n) is 3.89. The van der Waals surface area contributed by atoms with Crippen LogP contribution in [-0.4, -0.2) is 23.9 Å². The fourth-order valence-electron chi connectivity index (χ4n) is 2.56. The molecule has 27 heavy (non-hydrogen) atoms. The molecule has 140 valence electrons. The lowest BCUT2D eigenvalue weighted by Crippen LogP contribution is -2.31. The van der Waals surface area contributed by atoms with E-state index in [1.165, 1.54) is 12.3 Å². The minimum absolute atomic E-state index is 0.0457. The predicted octanol–water partition coefficient (Wildman–Crippen LogP) is 3.82. The molecule has 6 nitrogen and oxygen atoms in total. The number of aryl methyl sites for hydroxylation is 2. The molecule has 3 aromatic rings. The molecule has 0 unspecified atom stereocenters. The minimum atomic E-state index is -4.10. The van der Waals surface area contributed by atoms with Gasteiger partial charge in [0.1, 0.15) is 11.5 Å². The molecule has 0 radical (unpaired) electrons. The van der Waals surface area contributed by atoms with Crippen molar-refractivity contribution in [3.8, 4) is 11.4 Å². The van der Waals surface area contributed by atoms with Gasteiger partial charge >= 0.3 is 0 Å². The maximum Gasteiger partial charge on any atom is 0.285 e. The first-order chi connectivity index (χ1) is 12.7. The number of rotatable bonds is 4. The predicted molar refractivity (Wildman–Crippen MR) is 104 cm³/mol. The number of carbonyl (C=O) groups is 1. The summed E-state index contributed by atoms with van der Waals surface area (Å²) in [6.07, 6.45) is 1.44. The molecule has 0 aliphatic heterocycles. The van der Waals surface area contributed by atoms with E-state index in [0.29, 0.717) is 22.0 Å². The van der Waals surface area contributed by atoms with Crippen molar-refractivity contribution >= 4 is 39.1 Å². The molecule has 0 aliphatic rings. The Hall–Kier alpha value is -2.35. The lowest BCUT2D eigenvalue weighted by Gasteiger charge is -2.08. The highest BCUT2D eigenvalue weighted by atomic mass is 35.5. The molecule has 0 aliphatic carbocycles. The zero-order chi connectivity index (χ0) is 19.8. The molecule has 0 saturated heterocycles. The Bertz CT molecular complexity index is 1140. The van der Waals surface area contributed by atoms with E-state index in [2.05, 4.69) is 4.98 Å². The Morgan fingerprint density at radius 1 is 1.15 bits per heavy atom. The number of hydrogen-bond acceptors (Lipinski definition) is 4. The van der Waals surface area contributed by atoms with Gasteiger partial charge in [-0.3, -0.25) is 4.79 Å². The second-order valence-electron chi connectivity index (χ2n) is 5.88. The van der Waals surface area contributed by atoms with Crippen molar-refractivity contribution < 1.29 is 13.2 Å². The van der Waals surface area contributed by atoms with E-state index in [9.17, 15) is 13.2 Å². The number of carbonyl (C=O) groups excluding carboxylic acids is 1. The summed E-state index contributed by atoms with van der Waals surface area (Å²) in [6, 6.07) is 11.5. The van der Waals surface area contributed by atoms with E-state index in [0.717, 1.165) is 0 Å². The maximum absolute atomic E-state index is 12.6. The summed E-state index contributed by atoms with van der Waals surface area (Å²) in [4.78, 5) is 16.6. The van der Waals surface area contributed by atoms with E-state index in [1.54, 1.807) is 54.9 Å². The summed E-state index contributed by atoms with van der Waals surface area (Å²) in [5.74, 6) is -0.398. The Balaban J connectivity index is 1.92. The third kappa shape index (κ3) is 4.00. The SMILES string of the molecule is Cc1ccc(Cl)cc1S(=O)(=O)NC(=O)c1cn(C)c(-c2ccccc2Cl)n1. The molecule has 1 aromatic heterocycles. The van der Waals surface area contributed by atoms with Crippen molar-refractivity contribution in [1.82, 2.24) is 14.3 Å². The van der Waals surface area contributed by atoms with Crippen LogP contribution in [0.5, 0.6) is 0 Å². The van der Waals surface area contributed by atoms with E-state index in [-0.39, 0.29) is 15.6 Å². The highest BCUT2D eigenvalue weighted by molar-refractivity contribution is 7.90. The van der Waals surface area contributed by atoms with Gasteiger partial charge in [-0.25, -0.2) is 18.1 Å². The van der Waals surface area contributed by atoms with Crippen LogP contribution in [0.2, 0.25) is 10.0 Å². The van der Waals surface area contributed by atoms with E-state index in [1.807, 2.05) is 4.72 Å². The number of sulfonamides is 1. The van der Waals surface area contributed by atoms with Crippen LogP contribution in [0.1, 0.15) is 16.1 Å². The number of halogens is 2. The molecule has 2 aromatic carbocycles. The van der Waals surface area contributed by atoms with Gasteiger partial charge in [0.2, 0.25) is 0 Å². The summed E-state index contributed by atoms with van der Waals surface area (Å²) < 4.78 is 28.8. The molecule has 0 atom stereocenters. The second kappa shape index (κ2) is 7.34. The molecule has 0 spiro atoms. The van der Waals surface area contributed by atoms with E-state index >= 15 is 0 Å². The average molecular weight is 424 g/mol. The maximum atomic E-state index is 12.6. The van der Waals surface area contributed by atoms with Crippen molar-refractivity contribution in [2.75, 3.05) is 0 Å². The van der Waals surface area contributed by atoms with Crippen LogP contribution in [0.15, 0.2) is 53.6 Å². The van der Waals surface area contributed by atoms with Crippen LogP contribution >= 0.6 is 23.2 Å². The minimum Gasteiger partial charge on any atom is -0.333 e. The smallest absolute Gasteiger partial charge is 0.285 e. The lowest BCUT2D eigenvalue weighted by atomic mass is 10.2. The zero-order valence-electron chi connectivity index (χ0n) is 14.4. The second-order valence-corrected chi connectivity index (χ2v) is 8.38. The van der Waals surface area contributed by atoms with Crippen LogP contribution in [-0.2, 0) is 17.1 Å². The molecular formula is C18H15Cl2N3O3S. The number of nitrogens with one attached hydrogen (secondary N) is 1. The molecule has 1 heterocycles. The van der Waals surface area contributed by atoms with Gasteiger partial charge in [-0.1, -0.05) is 41.4 Å². The van der Waals surface area contributed by atoms with Crippen molar-refractivity contribution in [2.24, 2.45) is 7.05 Å². The number of aromatic nitrogens is 2. The fourth-order valence-corrected chi connectivity index (χ4v) is 4.25. The van der Waals surface area contributed by atoms with Crippen LogP contribution in [0.3, 0.4) is 0 Å². The van der Waals surface area contributed by atoms with Crippen molar-refractivity contribution in [3.05, 3.63) is 70.0 Å². The summed E-state index contributed by atoms with van der Waals surface area (Å²) in [5.41, 5.74) is 1.06. The van der Waals surface area contributed by atoms with Crippen LogP contribution in [0.4, 0.5) is 0 Å². The fraction of sp³-hybridized carbons (Fsp3) is 0.111. The van der Waals surface area contributed by atoms with Crippen LogP contribution in [0.25, 0.3) is 11.4 Å². The van der Waals surface area contributed by atoms with Gasteiger partial charge in [-0.2, -0.15) is 0 Å². The zero-order valence-corrected chi connectivity index (χ0v) is 16.7. The number of imidazole rings is 1. The number of amides is 1. The topological polar surface area (TPSA) is 81.1 Å². The van der Waals surface area contributed by atoms with Crippen LogP contribution in [0, 0.1) is 6.92 Å². The largest absolute Gasteiger partial charge is 0.333 e. The molecule has 9 heteroatoms. The van der Waals surface area contributed by atoms with Gasteiger partial charge in [-0.05, 0) is 36.8 Å². The highest BCUT2D eigenvalue weighted by Gasteiger charge is 2.23. The van der Waals surface area contributed by atoms with Gasteiger partial charge in [0, 0.05) is 23.8 Å². The summed E-state index contributed by atoms with van der Waals surface area (Å²) in [7, 11) is -2.40. The molecule has 0 fully saturated rings. The number of benzene rings is 2. The molecule has 1 amide bonds. The van der Waals surface area contributed by atoms with Gasteiger partial charge in [0.05, 0.1) is 9.92 Å². The Kier molecular flexibility index (Phi) is 5.28. The Morgan fingerprint density at radius 2 is 1.85 bits per heavy atom. The Morgan fingerprint density at radius 3 is 2.56 bits per heavy atom. The van der Waals surface area contributed by atoms with Crippen molar-refractivity contribution in [1.29, 1.82) is 0 Å². The standard InChI is InChI=1S/C18H15Cl2N3O3S/c1-11-7-8-12(19)9-16(11)27(25,26)22-18(24)15-10-23(2)17(21-15)13-5-3-4-6-14(13)20/h3-10H,1-2H3,(H,22,24). The van der Waals surface area contributed by atoms with Gasteiger partial charge in [0.15, 0.2) is 0 Å². The quantitative estimate of drug-likeness (QED) is 0.691. The summed E-state index contributed by atoms with van der Waals surface area (Å²) in [5, 5.41) is 0.729. The van der Waals surface area contributed by atoms with Gasteiger partial charge in [0.25, 0.3) is 15.9 Å². The first-order valence-corrected chi connectivity index (χ1v) is 10.0. The first-order valence-electron chi connectivity index (χ1n) is 7.80. The molecule has 1 N–H and O–H groups in total. The van der Waals surface area contributed by atoms with Crippen molar-refractivity contribution in [2.45, 2.75) is 11.8 Å². The van der Waals surface area contributed by atoms with E-state index in [4.69, 9.17) is 23.2 Å². The lowest BCUT2D eigenvalue weighted by molar-refractivity contribution is 0.0977. The third-order valence-corrected chi connectivity index (χ3v) is 5.93.